The van der Waals surface area contributed by atoms with Gasteiger partial charge in [-0.3, -0.25) is 0 Å². The van der Waals surface area contributed by atoms with Crippen molar-refractivity contribution < 1.29 is 56.9 Å². The van der Waals surface area contributed by atoms with E-state index in [1.165, 1.54) is 3.57 Å². The predicted molar refractivity (Wildman–Crippen MR) is 74.5 cm³/mol. The summed E-state index contributed by atoms with van der Waals surface area (Å²) in [6.45, 7) is 5.50. The van der Waals surface area contributed by atoms with Gasteiger partial charge < -0.3 is 9.29 Å². The summed E-state index contributed by atoms with van der Waals surface area (Å²) >= 11 is -0.412. The highest BCUT2D eigenvalue weighted by atomic mass is 127. The third-order valence-electron chi connectivity index (χ3n) is 1.72. The van der Waals surface area contributed by atoms with E-state index in [2.05, 4.69) is 9.85 Å². The molecule has 0 N–H and O–H groups in total. The Balaban J connectivity index is 0.000000561. The molecular formula is C14H14F3IO5S. The van der Waals surface area contributed by atoms with E-state index in [9.17, 15) is 18.0 Å². The van der Waals surface area contributed by atoms with Gasteiger partial charge in [-0.25, -0.2) is 13.2 Å². The van der Waals surface area contributed by atoms with Crippen LogP contribution in [0.4, 0.5) is 13.2 Å². The van der Waals surface area contributed by atoms with E-state index in [0.717, 1.165) is 0 Å². The van der Waals surface area contributed by atoms with Crippen LogP contribution in [0.25, 0.3) is 0 Å². The molecule has 0 atom stereocenters. The number of alkyl halides is 3. The molecule has 0 fully saturated rings. The second-order valence-corrected chi connectivity index (χ2v) is 8.71. The maximum atomic E-state index is 11.3. The Morgan fingerprint density at radius 3 is 2.00 bits per heavy atom. The summed E-state index contributed by atoms with van der Waals surface area (Å²) in [6, 6.07) is 9.97. The fourth-order valence-electron chi connectivity index (χ4n) is 0.898. The number of esters is 1. The van der Waals surface area contributed by atoms with Gasteiger partial charge in [-0.1, -0.05) is 18.2 Å². The second kappa shape index (κ2) is 9.24. The Morgan fingerprint density at radius 2 is 1.62 bits per heavy atom. The van der Waals surface area contributed by atoms with Gasteiger partial charge in [0.05, 0.1) is 5.92 Å². The van der Waals surface area contributed by atoms with Crippen molar-refractivity contribution >= 4 is 16.1 Å². The zero-order valence-corrected chi connectivity index (χ0v) is 15.8. The molecule has 0 amide bonds. The van der Waals surface area contributed by atoms with Crippen LogP contribution in [0.1, 0.15) is 20.8 Å². The largest absolute Gasteiger partial charge is 0.741 e. The maximum Gasteiger partial charge on any atom is 0.485 e. The first-order valence-corrected chi connectivity index (χ1v) is 9.74. The molecular weight excluding hydrogens is 464 g/mol. The SMILES string of the molecule is CC(C)(C)OC(=O)C#C[I+]c1ccccc1.O=S(=O)([O-])C(F)(F)F. The minimum Gasteiger partial charge on any atom is -0.741 e. The number of carbonyl (C=O) groups excluding carboxylic acids is 1. The fourth-order valence-corrected chi connectivity index (χ4v) is 2.34. The molecule has 0 aliphatic heterocycles. The molecule has 134 valence electrons. The number of carbonyl (C=O) groups is 1. The number of benzene rings is 1. The highest BCUT2D eigenvalue weighted by molar-refractivity contribution is 7.86. The number of hydrogen-bond donors (Lipinski definition) is 0. The molecule has 0 aliphatic carbocycles. The Hall–Kier alpha value is -1.32. The van der Waals surface area contributed by atoms with E-state index in [1.807, 2.05) is 51.1 Å². The Morgan fingerprint density at radius 1 is 1.17 bits per heavy atom. The van der Waals surface area contributed by atoms with Crippen LogP contribution in [-0.4, -0.2) is 30.0 Å². The van der Waals surface area contributed by atoms with Crippen LogP contribution in [0.3, 0.4) is 0 Å². The molecule has 1 rings (SSSR count). The topological polar surface area (TPSA) is 83.5 Å². The summed E-state index contributed by atoms with van der Waals surface area (Å²) in [6.07, 6.45) is 0. The standard InChI is InChI=1S/C13H14IO2.CHF3O3S/c1-13(2,3)16-12(15)9-10-14-11-7-5-4-6-8-11;2-1(3,4)8(5,6)7/h4-8H,1-3H3;(H,5,6,7)/q+1;/p-1. The number of halogens is 4. The molecule has 1 aromatic rings. The summed E-state index contributed by atoms with van der Waals surface area (Å²) in [5.41, 5.74) is -6.11. The van der Waals surface area contributed by atoms with Crippen LogP contribution >= 0.6 is 0 Å². The number of ether oxygens (including phenoxy) is 1. The van der Waals surface area contributed by atoms with Crippen molar-refractivity contribution in [3.63, 3.8) is 0 Å². The van der Waals surface area contributed by atoms with E-state index >= 15 is 0 Å². The first-order valence-electron chi connectivity index (χ1n) is 6.17. The van der Waals surface area contributed by atoms with Crippen molar-refractivity contribution in [1.82, 2.24) is 0 Å². The first kappa shape index (κ1) is 22.7. The lowest BCUT2D eigenvalue weighted by Gasteiger charge is -2.16. The molecule has 5 nitrogen and oxygen atoms in total. The van der Waals surface area contributed by atoms with Crippen molar-refractivity contribution in [2.45, 2.75) is 31.9 Å². The molecule has 0 unspecified atom stereocenters. The van der Waals surface area contributed by atoms with E-state index in [1.54, 1.807) is 0 Å². The molecule has 0 radical (unpaired) electrons. The zero-order valence-electron chi connectivity index (χ0n) is 12.8. The highest BCUT2D eigenvalue weighted by Gasteiger charge is 2.36. The fraction of sp³-hybridized carbons (Fsp3) is 0.357. The number of hydrogen-bond acceptors (Lipinski definition) is 5. The van der Waals surface area contributed by atoms with Gasteiger partial charge in [-0.2, -0.15) is 13.2 Å². The van der Waals surface area contributed by atoms with Crippen LogP contribution in [0.15, 0.2) is 30.3 Å². The molecule has 10 heteroatoms. The summed E-state index contributed by atoms with van der Waals surface area (Å²) < 4.78 is 68.1. The molecule has 0 bridgehead atoms. The van der Waals surface area contributed by atoms with Crippen molar-refractivity contribution in [1.29, 1.82) is 0 Å². The van der Waals surface area contributed by atoms with Crippen molar-refractivity contribution in [2.75, 3.05) is 0 Å². The zero-order chi connectivity index (χ0) is 19.0. The summed E-state index contributed by atoms with van der Waals surface area (Å²) in [7, 11) is -6.09. The van der Waals surface area contributed by atoms with Gasteiger partial charge in [0, 0.05) is 0 Å². The van der Waals surface area contributed by atoms with Gasteiger partial charge in [0.25, 0.3) is 0 Å². The summed E-state index contributed by atoms with van der Waals surface area (Å²) in [4.78, 5) is 11.3. The Labute approximate surface area is 148 Å². The predicted octanol–water partition coefficient (Wildman–Crippen LogP) is -0.701. The molecule has 0 saturated carbocycles. The van der Waals surface area contributed by atoms with E-state index in [0.29, 0.717) is 0 Å². The van der Waals surface area contributed by atoms with Gasteiger partial charge in [-0.15, -0.1) is 0 Å². The van der Waals surface area contributed by atoms with Crippen LogP contribution in [-0.2, 0) is 19.6 Å². The molecule has 0 aliphatic rings. The van der Waals surface area contributed by atoms with Crippen LogP contribution in [0.2, 0.25) is 0 Å². The van der Waals surface area contributed by atoms with Crippen LogP contribution in [0.5, 0.6) is 0 Å². The Bertz CT molecular complexity index is 698. The van der Waals surface area contributed by atoms with Gasteiger partial charge in [-0.05, 0) is 32.9 Å². The average Bonchev–Trinajstić information content (AvgIpc) is 2.36. The van der Waals surface area contributed by atoms with Gasteiger partial charge in [0.1, 0.15) is 5.60 Å². The third-order valence-corrected chi connectivity index (χ3v) is 4.17. The summed E-state index contributed by atoms with van der Waals surface area (Å²) in [5, 5.41) is 0. The number of rotatable bonds is 1. The lowest BCUT2D eigenvalue weighted by Crippen LogP contribution is -3.59. The lowest BCUT2D eigenvalue weighted by molar-refractivity contribution is -0.535. The molecule has 0 heterocycles. The summed E-state index contributed by atoms with van der Waals surface area (Å²) in [5.74, 6) is 2.08. The van der Waals surface area contributed by atoms with Crippen LogP contribution in [0, 0.1) is 13.4 Å². The van der Waals surface area contributed by atoms with Crippen molar-refractivity contribution in [3.8, 4) is 9.85 Å². The molecule has 0 saturated heterocycles. The average molecular weight is 478 g/mol. The van der Waals surface area contributed by atoms with Crippen LogP contribution < -0.4 is 21.2 Å². The van der Waals surface area contributed by atoms with Gasteiger partial charge >= 0.3 is 32.7 Å². The van der Waals surface area contributed by atoms with E-state index in [4.69, 9.17) is 17.7 Å². The molecule has 0 spiro atoms. The minimum absolute atomic E-state index is 0.412. The molecule has 0 aromatic heterocycles. The highest BCUT2D eigenvalue weighted by Crippen LogP contribution is 2.20. The normalized spacial score (nSPS) is 11.5. The third kappa shape index (κ3) is 11.3. The Kier molecular flexibility index (Phi) is 8.73. The monoisotopic (exact) mass is 478 g/mol. The van der Waals surface area contributed by atoms with Gasteiger partial charge in [0.2, 0.25) is 7.50 Å². The second-order valence-electron chi connectivity index (χ2n) is 5.01. The maximum absolute atomic E-state index is 11.3. The van der Waals surface area contributed by atoms with Crippen molar-refractivity contribution in [2.24, 2.45) is 0 Å². The quantitative estimate of drug-likeness (QED) is 0.175. The van der Waals surface area contributed by atoms with Gasteiger partial charge in [0.15, 0.2) is 10.1 Å². The molecule has 24 heavy (non-hydrogen) atoms. The lowest BCUT2D eigenvalue weighted by atomic mass is 10.2. The first-order chi connectivity index (χ1) is 10.7. The molecule has 1 aromatic carbocycles. The van der Waals surface area contributed by atoms with E-state index < -0.39 is 48.4 Å². The smallest absolute Gasteiger partial charge is 0.485 e. The van der Waals surface area contributed by atoms with Crippen molar-refractivity contribution in [3.05, 3.63) is 33.9 Å². The van der Waals surface area contributed by atoms with E-state index in [-0.39, 0.29) is 0 Å². The minimum atomic E-state index is -6.09.